The summed E-state index contributed by atoms with van der Waals surface area (Å²) in [7, 11) is 0. The Labute approximate surface area is 147 Å². The third-order valence-electron chi connectivity index (χ3n) is 3.58. The number of nitrogens with one attached hydrogen (secondary N) is 1. The second-order valence-corrected chi connectivity index (χ2v) is 5.85. The zero-order chi connectivity index (χ0) is 17.3. The van der Waals surface area contributed by atoms with E-state index in [0.717, 1.165) is 0 Å². The Morgan fingerprint density at radius 3 is 2.67 bits per heavy atom. The standard InChI is InChI=1S/C17H13Cl2N3O2/c1-2-22-13-9-4-3-6-10(13)16(23)15(21-22)17(24)20-12-8-5-7-11(18)14(12)19/h3-9H,2H2,1H3,(H,20,24). The lowest BCUT2D eigenvalue weighted by atomic mass is 10.2. The van der Waals surface area contributed by atoms with Gasteiger partial charge in [-0.05, 0) is 31.2 Å². The predicted molar refractivity (Wildman–Crippen MR) is 96.1 cm³/mol. The van der Waals surface area contributed by atoms with Crippen LogP contribution in [0.15, 0.2) is 47.3 Å². The van der Waals surface area contributed by atoms with Gasteiger partial charge >= 0.3 is 0 Å². The van der Waals surface area contributed by atoms with Gasteiger partial charge in [0.15, 0.2) is 5.69 Å². The van der Waals surface area contributed by atoms with E-state index in [0.29, 0.717) is 28.2 Å². The predicted octanol–water partition coefficient (Wildman–Crippen LogP) is 3.98. The fourth-order valence-corrected chi connectivity index (χ4v) is 2.76. The molecule has 2 aromatic carbocycles. The summed E-state index contributed by atoms with van der Waals surface area (Å²) >= 11 is 12.0. The Bertz CT molecular complexity index is 999. The van der Waals surface area contributed by atoms with E-state index < -0.39 is 11.3 Å². The maximum Gasteiger partial charge on any atom is 0.280 e. The van der Waals surface area contributed by atoms with Crippen LogP contribution in [0.3, 0.4) is 0 Å². The van der Waals surface area contributed by atoms with E-state index in [1.165, 1.54) is 0 Å². The molecule has 0 saturated heterocycles. The Balaban J connectivity index is 2.09. The number of halogens is 2. The van der Waals surface area contributed by atoms with Crippen molar-refractivity contribution in [1.82, 2.24) is 9.78 Å². The largest absolute Gasteiger partial charge is 0.319 e. The van der Waals surface area contributed by atoms with Crippen molar-refractivity contribution in [1.29, 1.82) is 0 Å². The fourth-order valence-electron chi connectivity index (χ4n) is 2.41. The average molecular weight is 362 g/mol. The number of carbonyl (C=O) groups excluding carboxylic acids is 1. The zero-order valence-corrected chi connectivity index (χ0v) is 14.2. The second-order valence-electron chi connectivity index (χ2n) is 5.07. The van der Waals surface area contributed by atoms with Crippen molar-refractivity contribution in [2.75, 3.05) is 5.32 Å². The first-order valence-electron chi connectivity index (χ1n) is 7.28. The van der Waals surface area contributed by atoms with Gasteiger partial charge in [-0.3, -0.25) is 14.3 Å². The van der Waals surface area contributed by atoms with Crippen molar-refractivity contribution in [3.05, 3.63) is 68.4 Å². The first-order chi connectivity index (χ1) is 11.5. The molecule has 0 atom stereocenters. The average Bonchev–Trinajstić information content (AvgIpc) is 2.59. The minimum absolute atomic E-state index is 0.188. The zero-order valence-electron chi connectivity index (χ0n) is 12.7. The van der Waals surface area contributed by atoms with Crippen LogP contribution < -0.4 is 10.7 Å². The first kappa shape index (κ1) is 16.5. The van der Waals surface area contributed by atoms with Crippen LogP contribution in [0.2, 0.25) is 10.0 Å². The fraction of sp³-hybridized carbons (Fsp3) is 0.118. The van der Waals surface area contributed by atoms with E-state index in [2.05, 4.69) is 10.4 Å². The number of hydrogen-bond donors (Lipinski definition) is 1. The molecule has 5 nitrogen and oxygen atoms in total. The van der Waals surface area contributed by atoms with E-state index >= 15 is 0 Å². The van der Waals surface area contributed by atoms with Gasteiger partial charge in [-0.1, -0.05) is 41.4 Å². The normalized spacial score (nSPS) is 10.8. The maximum atomic E-state index is 12.6. The van der Waals surface area contributed by atoms with E-state index in [1.54, 1.807) is 41.1 Å². The van der Waals surface area contributed by atoms with E-state index in [-0.39, 0.29) is 10.7 Å². The number of aryl methyl sites for hydroxylation is 1. The van der Waals surface area contributed by atoms with Crippen molar-refractivity contribution >= 4 is 45.7 Å². The molecule has 0 radical (unpaired) electrons. The van der Waals surface area contributed by atoms with Gasteiger partial charge in [-0.2, -0.15) is 5.10 Å². The maximum absolute atomic E-state index is 12.6. The molecule has 3 aromatic rings. The van der Waals surface area contributed by atoms with Crippen LogP contribution in [0, 0.1) is 0 Å². The number of benzene rings is 2. The molecule has 0 bridgehead atoms. The van der Waals surface area contributed by atoms with E-state index in [4.69, 9.17) is 23.2 Å². The quantitative estimate of drug-likeness (QED) is 0.767. The highest BCUT2D eigenvalue weighted by Gasteiger charge is 2.18. The van der Waals surface area contributed by atoms with Crippen molar-refractivity contribution in [2.24, 2.45) is 0 Å². The number of hydrogen-bond acceptors (Lipinski definition) is 3. The second kappa shape index (κ2) is 6.63. The van der Waals surface area contributed by atoms with Crippen molar-refractivity contribution < 1.29 is 4.79 Å². The lowest BCUT2D eigenvalue weighted by Crippen LogP contribution is -2.27. The highest BCUT2D eigenvalue weighted by atomic mass is 35.5. The Kier molecular flexibility index (Phi) is 4.55. The minimum atomic E-state index is -0.628. The molecular formula is C17H13Cl2N3O2. The van der Waals surface area contributed by atoms with Crippen LogP contribution in [0.4, 0.5) is 5.69 Å². The number of amides is 1. The number of anilines is 1. The summed E-state index contributed by atoms with van der Waals surface area (Å²) in [6, 6.07) is 11.9. The van der Waals surface area contributed by atoms with Gasteiger partial charge < -0.3 is 5.32 Å². The van der Waals surface area contributed by atoms with Gasteiger partial charge in [0, 0.05) is 11.9 Å². The molecule has 0 saturated carbocycles. The summed E-state index contributed by atoms with van der Waals surface area (Å²) in [5, 5.41) is 7.74. The Morgan fingerprint density at radius 2 is 1.92 bits per heavy atom. The SMILES string of the molecule is CCn1nc(C(=O)Nc2cccc(Cl)c2Cl)c(=O)c2ccccc21. The number of fused-ring (bicyclic) bond motifs is 1. The van der Waals surface area contributed by atoms with Crippen LogP contribution in [0.1, 0.15) is 17.4 Å². The molecule has 1 aromatic heterocycles. The molecule has 24 heavy (non-hydrogen) atoms. The summed E-state index contributed by atoms with van der Waals surface area (Å²) in [5.74, 6) is -0.628. The number of nitrogens with zero attached hydrogens (tertiary/aromatic N) is 2. The van der Waals surface area contributed by atoms with Gasteiger partial charge in [0.05, 0.1) is 21.2 Å². The number of rotatable bonds is 3. The first-order valence-corrected chi connectivity index (χ1v) is 8.03. The summed E-state index contributed by atoms with van der Waals surface area (Å²) in [6.45, 7) is 2.42. The molecule has 3 rings (SSSR count). The lowest BCUT2D eigenvalue weighted by Gasteiger charge is -2.11. The molecule has 0 aliphatic carbocycles. The highest BCUT2D eigenvalue weighted by molar-refractivity contribution is 6.44. The number of carbonyl (C=O) groups is 1. The molecule has 7 heteroatoms. The Hall–Kier alpha value is -2.37. The molecular weight excluding hydrogens is 349 g/mol. The summed E-state index contributed by atoms with van der Waals surface area (Å²) in [5.41, 5.74) is 0.395. The minimum Gasteiger partial charge on any atom is -0.319 e. The van der Waals surface area contributed by atoms with Gasteiger partial charge in [0.1, 0.15) is 0 Å². The van der Waals surface area contributed by atoms with Crippen molar-refractivity contribution in [3.63, 3.8) is 0 Å². The molecule has 0 aliphatic rings. The lowest BCUT2D eigenvalue weighted by molar-refractivity contribution is 0.101. The van der Waals surface area contributed by atoms with Crippen LogP contribution in [0.5, 0.6) is 0 Å². The summed E-state index contributed by atoms with van der Waals surface area (Å²) in [4.78, 5) is 25.1. The molecule has 1 N–H and O–H groups in total. The monoisotopic (exact) mass is 361 g/mol. The van der Waals surface area contributed by atoms with E-state index in [9.17, 15) is 9.59 Å². The van der Waals surface area contributed by atoms with Gasteiger partial charge in [0.2, 0.25) is 5.43 Å². The molecule has 122 valence electrons. The summed E-state index contributed by atoms with van der Waals surface area (Å²) < 4.78 is 1.62. The van der Waals surface area contributed by atoms with Crippen LogP contribution in [-0.4, -0.2) is 15.7 Å². The third kappa shape index (κ3) is 2.88. The van der Waals surface area contributed by atoms with Crippen LogP contribution >= 0.6 is 23.2 Å². The van der Waals surface area contributed by atoms with Crippen LogP contribution in [0.25, 0.3) is 10.9 Å². The molecule has 1 heterocycles. The summed E-state index contributed by atoms with van der Waals surface area (Å²) in [6.07, 6.45) is 0. The van der Waals surface area contributed by atoms with Gasteiger partial charge in [0.25, 0.3) is 5.91 Å². The highest BCUT2D eigenvalue weighted by Crippen LogP contribution is 2.29. The van der Waals surface area contributed by atoms with Crippen LogP contribution in [-0.2, 0) is 6.54 Å². The number of para-hydroxylation sites is 1. The third-order valence-corrected chi connectivity index (χ3v) is 4.40. The number of aromatic nitrogens is 2. The van der Waals surface area contributed by atoms with Gasteiger partial charge in [-0.15, -0.1) is 0 Å². The van der Waals surface area contributed by atoms with E-state index in [1.807, 2.05) is 13.0 Å². The van der Waals surface area contributed by atoms with Crippen molar-refractivity contribution in [3.8, 4) is 0 Å². The van der Waals surface area contributed by atoms with Gasteiger partial charge in [-0.25, -0.2) is 0 Å². The molecule has 0 fully saturated rings. The molecule has 0 unspecified atom stereocenters. The Morgan fingerprint density at radius 1 is 1.17 bits per heavy atom. The molecule has 1 amide bonds. The van der Waals surface area contributed by atoms with Crippen molar-refractivity contribution in [2.45, 2.75) is 13.5 Å². The molecule has 0 aliphatic heterocycles. The topological polar surface area (TPSA) is 64.0 Å². The smallest absolute Gasteiger partial charge is 0.280 e. The molecule has 0 spiro atoms.